The van der Waals surface area contributed by atoms with Crippen LogP contribution in [-0.2, 0) is 0 Å². The summed E-state index contributed by atoms with van der Waals surface area (Å²) in [4.78, 5) is 0. The summed E-state index contributed by atoms with van der Waals surface area (Å²) in [5.41, 5.74) is 5.63. The van der Waals surface area contributed by atoms with Gasteiger partial charge in [0.15, 0.2) is 11.5 Å². The molecule has 0 saturated heterocycles. The molecular formula is C18H24O3. The van der Waals surface area contributed by atoms with Crippen LogP contribution >= 0.6 is 0 Å². The maximum absolute atomic E-state index is 5.61. The Hall–Kier alpha value is -1.90. The lowest BCUT2D eigenvalue weighted by atomic mass is 9.81. The number of fused-ring (bicyclic) bond motifs is 1. The molecule has 0 unspecified atom stereocenters. The molecule has 0 saturated carbocycles. The quantitative estimate of drug-likeness (QED) is 0.816. The van der Waals surface area contributed by atoms with Gasteiger partial charge in [0.2, 0.25) is 5.75 Å². The Labute approximate surface area is 127 Å². The highest BCUT2D eigenvalue weighted by atomic mass is 16.5. The van der Waals surface area contributed by atoms with Crippen LogP contribution in [0, 0.1) is 5.41 Å². The molecule has 0 N–H and O–H groups in total. The standard InChI is InChI=1S/C18H24O3/c1-10-12-9-13(19-6)16(20-7)17(21-8)14(12)11(2)15(10)18(3,4)5/h9H,2H2,1,3-8H3. The third-order valence-electron chi connectivity index (χ3n) is 3.96. The fourth-order valence-electron chi connectivity index (χ4n) is 3.25. The third-order valence-corrected chi connectivity index (χ3v) is 3.96. The van der Waals surface area contributed by atoms with Gasteiger partial charge in [0, 0.05) is 5.56 Å². The number of hydrogen-bond acceptors (Lipinski definition) is 3. The second-order valence-electron chi connectivity index (χ2n) is 6.30. The molecule has 0 spiro atoms. The van der Waals surface area contributed by atoms with Gasteiger partial charge in [-0.05, 0) is 40.7 Å². The van der Waals surface area contributed by atoms with Gasteiger partial charge in [-0.25, -0.2) is 0 Å². The van der Waals surface area contributed by atoms with Gasteiger partial charge >= 0.3 is 0 Å². The third kappa shape index (κ3) is 2.21. The number of benzene rings is 1. The summed E-state index contributed by atoms with van der Waals surface area (Å²) in [6.45, 7) is 13.0. The predicted octanol–water partition coefficient (Wildman–Crippen LogP) is 4.56. The Kier molecular flexibility index (Phi) is 3.79. The first-order chi connectivity index (χ1) is 9.77. The summed E-state index contributed by atoms with van der Waals surface area (Å²) in [6.07, 6.45) is 0. The van der Waals surface area contributed by atoms with Crippen LogP contribution in [0.5, 0.6) is 17.2 Å². The molecule has 0 amide bonds. The largest absolute Gasteiger partial charge is 0.493 e. The van der Waals surface area contributed by atoms with Crippen molar-refractivity contribution in [1.82, 2.24) is 0 Å². The second kappa shape index (κ2) is 5.14. The van der Waals surface area contributed by atoms with Crippen molar-refractivity contribution in [3.63, 3.8) is 0 Å². The number of ether oxygens (including phenoxy) is 3. The Morgan fingerprint density at radius 3 is 1.95 bits per heavy atom. The minimum atomic E-state index is 0.0195. The highest BCUT2D eigenvalue weighted by Gasteiger charge is 2.35. The van der Waals surface area contributed by atoms with Gasteiger partial charge < -0.3 is 14.2 Å². The van der Waals surface area contributed by atoms with Gasteiger partial charge in [-0.15, -0.1) is 0 Å². The number of rotatable bonds is 3. The summed E-state index contributed by atoms with van der Waals surface area (Å²) < 4.78 is 16.5. The van der Waals surface area contributed by atoms with E-state index in [1.165, 1.54) is 11.1 Å². The average molecular weight is 288 g/mol. The first kappa shape index (κ1) is 15.5. The summed E-state index contributed by atoms with van der Waals surface area (Å²) in [5, 5.41) is 0. The zero-order chi connectivity index (χ0) is 15.9. The maximum atomic E-state index is 5.61. The van der Waals surface area contributed by atoms with Crippen LogP contribution in [-0.4, -0.2) is 21.3 Å². The van der Waals surface area contributed by atoms with Crippen LogP contribution < -0.4 is 14.2 Å². The van der Waals surface area contributed by atoms with E-state index in [4.69, 9.17) is 14.2 Å². The molecule has 1 aromatic carbocycles. The van der Waals surface area contributed by atoms with Crippen LogP contribution in [0.4, 0.5) is 0 Å². The zero-order valence-corrected chi connectivity index (χ0v) is 14.0. The molecule has 3 heteroatoms. The topological polar surface area (TPSA) is 27.7 Å². The van der Waals surface area contributed by atoms with Crippen molar-refractivity contribution >= 4 is 11.1 Å². The molecule has 114 valence electrons. The molecule has 0 atom stereocenters. The summed E-state index contributed by atoms with van der Waals surface area (Å²) >= 11 is 0. The summed E-state index contributed by atoms with van der Waals surface area (Å²) in [5.74, 6) is 1.98. The molecule has 0 radical (unpaired) electrons. The van der Waals surface area contributed by atoms with Gasteiger partial charge in [-0.2, -0.15) is 0 Å². The van der Waals surface area contributed by atoms with E-state index in [2.05, 4.69) is 34.3 Å². The van der Waals surface area contributed by atoms with E-state index in [0.717, 1.165) is 16.7 Å². The molecular weight excluding hydrogens is 264 g/mol. The predicted molar refractivity (Wildman–Crippen MR) is 87.2 cm³/mol. The van der Waals surface area contributed by atoms with Crippen molar-refractivity contribution in [3.8, 4) is 17.2 Å². The lowest BCUT2D eigenvalue weighted by Gasteiger charge is -2.23. The summed E-state index contributed by atoms with van der Waals surface area (Å²) in [6, 6.07) is 2.01. The van der Waals surface area contributed by atoms with Crippen molar-refractivity contribution in [3.05, 3.63) is 29.3 Å². The van der Waals surface area contributed by atoms with E-state index < -0.39 is 0 Å². The van der Waals surface area contributed by atoms with Crippen LogP contribution in [0.2, 0.25) is 0 Å². The fourth-order valence-corrected chi connectivity index (χ4v) is 3.25. The van der Waals surface area contributed by atoms with E-state index in [9.17, 15) is 0 Å². The van der Waals surface area contributed by atoms with Gasteiger partial charge in [-0.1, -0.05) is 27.4 Å². The Morgan fingerprint density at radius 1 is 0.952 bits per heavy atom. The highest BCUT2D eigenvalue weighted by Crippen LogP contribution is 2.55. The zero-order valence-electron chi connectivity index (χ0n) is 14.0. The van der Waals surface area contributed by atoms with Crippen molar-refractivity contribution in [1.29, 1.82) is 0 Å². The van der Waals surface area contributed by atoms with E-state index in [1.807, 2.05) is 6.07 Å². The second-order valence-corrected chi connectivity index (χ2v) is 6.30. The lowest BCUT2D eigenvalue weighted by Crippen LogP contribution is -2.09. The van der Waals surface area contributed by atoms with Crippen molar-refractivity contribution in [2.24, 2.45) is 5.41 Å². The van der Waals surface area contributed by atoms with Crippen molar-refractivity contribution in [2.45, 2.75) is 27.7 Å². The molecule has 2 rings (SSSR count). The van der Waals surface area contributed by atoms with Crippen LogP contribution in [0.1, 0.15) is 38.8 Å². The van der Waals surface area contributed by atoms with Gasteiger partial charge in [0.25, 0.3) is 0 Å². The molecule has 3 nitrogen and oxygen atoms in total. The summed E-state index contributed by atoms with van der Waals surface area (Å²) in [7, 11) is 4.90. The smallest absolute Gasteiger partial charge is 0.203 e. The molecule has 0 aliphatic heterocycles. The van der Waals surface area contributed by atoms with E-state index in [0.29, 0.717) is 17.2 Å². The molecule has 1 aliphatic rings. The van der Waals surface area contributed by atoms with Gasteiger partial charge in [0.05, 0.1) is 21.3 Å². The van der Waals surface area contributed by atoms with Crippen LogP contribution in [0.15, 0.2) is 18.2 Å². The van der Waals surface area contributed by atoms with Crippen LogP contribution in [0.3, 0.4) is 0 Å². The van der Waals surface area contributed by atoms with Crippen LogP contribution in [0.25, 0.3) is 11.1 Å². The minimum absolute atomic E-state index is 0.0195. The van der Waals surface area contributed by atoms with Gasteiger partial charge in [-0.3, -0.25) is 0 Å². The highest BCUT2D eigenvalue weighted by molar-refractivity contribution is 6.02. The molecule has 1 aromatic rings. The minimum Gasteiger partial charge on any atom is -0.493 e. The number of allylic oxidation sites excluding steroid dienone is 3. The molecule has 21 heavy (non-hydrogen) atoms. The Bertz CT molecular complexity index is 631. The van der Waals surface area contributed by atoms with Crippen molar-refractivity contribution in [2.75, 3.05) is 21.3 Å². The fraction of sp³-hybridized carbons (Fsp3) is 0.444. The first-order valence-electron chi connectivity index (χ1n) is 7.02. The molecule has 1 aliphatic carbocycles. The monoisotopic (exact) mass is 288 g/mol. The average Bonchev–Trinajstić information content (AvgIpc) is 2.67. The van der Waals surface area contributed by atoms with E-state index in [-0.39, 0.29) is 5.41 Å². The molecule has 0 fully saturated rings. The SMILES string of the molecule is C=C1C(C(C)(C)C)=C(C)c2cc(OC)c(OC)c(OC)c21. The number of hydrogen-bond donors (Lipinski definition) is 0. The Morgan fingerprint density at radius 2 is 1.52 bits per heavy atom. The molecule has 0 bridgehead atoms. The normalized spacial score (nSPS) is 14.3. The molecule has 0 heterocycles. The molecule has 0 aromatic heterocycles. The van der Waals surface area contributed by atoms with Gasteiger partial charge in [0.1, 0.15) is 0 Å². The van der Waals surface area contributed by atoms with Crippen molar-refractivity contribution < 1.29 is 14.2 Å². The Balaban J connectivity index is 2.80. The van der Waals surface area contributed by atoms with E-state index in [1.54, 1.807) is 21.3 Å². The lowest BCUT2D eigenvalue weighted by molar-refractivity contribution is 0.324. The maximum Gasteiger partial charge on any atom is 0.203 e. The van der Waals surface area contributed by atoms with E-state index >= 15 is 0 Å². The number of methoxy groups -OCH3 is 3. The first-order valence-corrected chi connectivity index (χ1v) is 7.02.